The van der Waals surface area contributed by atoms with Crippen LogP contribution in [0.5, 0.6) is 0 Å². The lowest BCUT2D eigenvalue weighted by Crippen LogP contribution is -3.15. The van der Waals surface area contributed by atoms with Crippen molar-refractivity contribution >= 4 is 22.2 Å². The van der Waals surface area contributed by atoms with E-state index in [0.717, 1.165) is 48.4 Å². The van der Waals surface area contributed by atoms with Gasteiger partial charge < -0.3 is 9.64 Å². The number of anilines is 1. The molecular formula is C22H25N4OS+. The normalized spacial score (nSPS) is 16.7. The van der Waals surface area contributed by atoms with E-state index in [1.807, 2.05) is 18.2 Å². The van der Waals surface area contributed by atoms with E-state index in [9.17, 15) is 0 Å². The molecule has 5 nitrogen and oxygen atoms in total. The Morgan fingerprint density at radius 1 is 1.07 bits per heavy atom. The molecule has 0 aliphatic carbocycles. The summed E-state index contributed by atoms with van der Waals surface area (Å²) in [4.78, 5) is 6.16. The summed E-state index contributed by atoms with van der Waals surface area (Å²) in [6.07, 6.45) is 0. The summed E-state index contributed by atoms with van der Waals surface area (Å²) in [6, 6.07) is 21.0. The minimum absolute atomic E-state index is 0.214. The van der Waals surface area contributed by atoms with Crippen LogP contribution in [0.1, 0.15) is 18.5 Å². The highest BCUT2D eigenvalue weighted by Crippen LogP contribution is 2.24. The molecule has 1 atom stereocenters. The van der Waals surface area contributed by atoms with Crippen molar-refractivity contribution in [3.63, 3.8) is 0 Å². The number of morpholine rings is 1. The van der Waals surface area contributed by atoms with E-state index in [-0.39, 0.29) is 6.04 Å². The van der Waals surface area contributed by atoms with Crippen molar-refractivity contribution in [2.45, 2.75) is 13.0 Å². The van der Waals surface area contributed by atoms with Gasteiger partial charge in [-0.3, -0.25) is 5.43 Å². The molecule has 0 amide bonds. The van der Waals surface area contributed by atoms with E-state index in [1.165, 1.54) is 10.5 Å². The molecule has 4 rings (SSSR count). The quantitative estimate of drug-likeness (QED) is 0.499. The predicted molar refractivity (Wildman–Crippen MR) is 115 cm³/mol. The lowest BCUT2D eigenvalue weighted by Gasteiger charge is -2.31. The molecule has 2 N–H and O–H groups in total. The number of aromatic nitrogens is 1. The fourth-order valence-electron chi connectivity index (χ4n) is 3.61. The van der Waals surface area contributed by atoms with E-state index in [4.69, 9.17) is 9.84 Å². The number of nitrogens with zero attached hydrogens (tertiary/aromatic N) is 2. The van der Waals surface area contributed by atoms with Crippen LogP contribution in [-0.4, -0.2) is 37.0 Å². The van der Waals surface area contributed by atoms with Crippen molar-refractivity contribution in [3.8, 4) is 11.3 Å². The monoisotopic (exact) mass is 393 g/mol. The van der Waals surface area contributed by atoms with Gasteiger partial charge in [0.2, 0.25) is 5.13 Å². The molecule has 144 valence electrons. The van der Waals surface area contributed by atoms with Crippen molar-refractivity contribution in [1.82, 2.24) is 4.98 Å². The maximum absolute atomic E-state index is 5.55. The largest absolute Gasteiger partial charge is 0.370 e. The van der Waals surface area contributed by atoms with Crippen LogP contribution >= 0.6 is 11.3 Å². The minimum atomic E-state index is 0.214. The third-order valence-corrected chi connectivity index (χ3v) is 5.74. The summed E-state index contributed by atoms with van der Waals surface area (Å²) in [5, 5.41) is 7.57. The maximum atomic E-state index is 5.55. The Morgan fingerprint density at radius 2 is 1.75 bits per heavy atom. The molecule has 0 unspecified atom stereocenters. The van der Waals surface area contributed by atoms with Gasteiger partial charge >= 0.3 is 0 Å². The first-order valence-corrected chi connectivity index (χ1v) is 10.5. The standard InChI is InChI=1S/C22H24N4OS/c1-17(21(19-10-6-3-7-11-19)26-12-14-27-15-13-26)24-25-22-23-20(16-28-22)18-8-4-2-5-9-18/h2-11,16,21H,12-15H2,1H3,(H,23,25)/p+1/b24-17-/t21-/m1/s1. The first-order chi connectivity index (χ1) is 13.8. The highest BCUT2D eigenvalue weighted by Gasteiger charge is 2.29. The first kappa shape index (κ1) is 18.8. The zero-order valence-electron chi connectivity index (χ0n) is 16.0. The molecule has 0 bridgehead atoms. The van der Waals surface area contributed by atoms with Crippen LogP contribution in [-0.2, 0) is 4.74 Å². The third-order valence-electron chi connectivity index (χ3n) is 5.00. The second-order valence-corrected chi connectivity index (χ2v) is 7.74. The molecule has 0 spiro atoms. The van der Waals surface area contributed by atoms with Crippen molar-refractivity contribution in [2.24, 2.45) is 5.10 Å². The van der Waals surface area contributed by atoms with E-state index >= 15 is 0 Å². The van der Waals surface area contributed by atoms with Gasteiger partial charge in [-0.15, -0.1) is 11.3 Å². The summed E-state index contributed by atoms with van der Waals surface area (Å²) >= 11 is 1.57. The number of nitrogens with one attached hydrogen (secondary N) is 2. The van der Waals surface area contributed by atoms with Crippen LogP contribution in [0.15, 0.2) is 71.1 Å². The van der Waals surface area contributed by atoms with Crippen LogP contribution < -0.4 is 10.3 Å². The lowest BCUT2D eigenvalue weighted by atomic mass is 10.0. The van der Waals surface area contributed by atoms with E-state index in [2.05, 4.69) is 65.2 Å². The number of rotatable bonds is 6. The van der Waals surface area contributed by atoms with Crippen LogP contribution in [0.3, 0.4) is 0 Å². The van der Waals surface area contributed by atoms with Crippen LogP contribution in [0.25, 0.3) is 11.3 Å². The summed E-state index contributed by atoms with van der Waals surface area (Å²) in [7, 11) is 0. The number of hydrogen-bond donors (Lipinski definition) is 2. The Morgan fingerprint density at radius 3 is 2.46 bits per heavy atom. The zero-order chi connectivity index (χ0) is 19.2. The van der Waals surface area contributed by atoms with E-state index in [0.29, 0.717) is 0 Å². The molecule has 0 radical (unpaired) electrons. The van der Waals surface area contributed by atoms with Crippen molar-refractivity contribution in [3.05, 3.63) is 71.6 Å². The molecule has 1 aliphatic rings. The van der Waals surface area contributed by atoms with Gasteiger partial charge in [0.05, 0.1) is 24.6 Å². The topological polar surface area (TPSA) is 51.0 Å². The Balaban J connectivity index is 1.52. The number of benzene rings is 2. The van der Waals surface area contributed by atoms with Gasteiger partial charge in [-0.05, 0) is 6.92 Å². The zero-order valence-corrected chi connectivity index (χ0v) is 16.8. The molecule has 28 heavy (non-hydrogen) atoms. The number of quaternary nitrogens is 1. The molecule has 1 aliphatic heterocycles. The van der Waals surface area contributed by atoms with Crippen LogP contribution in [0, 0.1) is 0 Å². The van der Waals surface area contributed by atoms with E-state index in [1.54, 1.807) is 11.3 Å². The van der Waals surface area contributed by atoms with Gasteiger partial charge in [0.15, 0.2) is 6.04 Å². The van der Waals surface area contributed by atoms with Crippen molar-refractivity contribution < 1.29 is 9.64 Å². The molecule has 1 aromatic heterocycles. The Kier molecular flexibility index (Phi) is 6.11. The lowest BCUT2D eigenvalue weighted by molar-refractivity contribution is -0.928. The molecule has 2 heterocycles. The van der Waals surface area contributed by atoms with Gasteiger partial charge in [-0.25, -0.2) is 4.98 Å². The van der Waals surface area contributed by atoms with Gasteiger partial charge in [-0.2, -0.15) is 5.10 Å². The Labute approximate surface area is 169 Å². The predicted octanol–water partition coefficient (Wildman–Crippen LogP) is 3.25. The third kappa shape index (κ3) is 4.47. The van der Waals surface area contributed by atoms with Crippen LogP contribution in [0.2, 0.25) is 0 Å². The second kappa shape index (κ2) is 9.10. The smallest absolute Gasteiger partial charge is 0.203 e. The molecule has 2 aromatic carbocycles. The van der Waals surface area contributed by atoms with Crippen LogP contribution in [0.4, 0.5) is 5.13 Å². The minimum Gasteiger partial charge on any atom is -0.370 e. The summed E-state index contributed by atoms with van der Waals surface area (Å²) in [6.45, 7) is 5.67. The van der Waals surface area contributed by atoms with Crippen molar-refractivity contribution in [1.29, 1.82) is 0 Å². The first-order valence-electron chi connectivity index (χ1n) is 9.59. The average Bonchev–Trinajstić information content (AvgIpc) is 3.24. The van der Waals surface area contributed by atoms with Gasteiger partial charge in [0.25, 0.3) is 0 Å². The fraction of sp³-hybridized carbons (Fsp3) is 0.273. The SMILES string of the molecule is C/C(=N/Nc1nc(-c2ccccc2)cs1)[C@H](c1ccccc1)[NH+]1CCOCC1. The highest BCUT2D eigenvalue weighted by molar-refractivity contribution is 7.14. The Bertz CT molecular complexity index is 905. The molecule has 3 aromatic rings. The van der Waals surface area contributed by atoms with Gasteiger partial charge in [0.1, 0.15) is 13.1 Å². The Hall–Kier alpha value is -2.54. The summed E-state index contributed by atoms with van der Waals surface area (Å²) in [5.74, 6) is 0. The number of ether oxygens (including phenoxy) is 1. The number of hydrazone groups is 1. The molecular weight excluding hydrogens is 368 g/mol. The summed E-state index contributed by atoms with van der Waals surface area (Å²) in [5.41, 5.74) is 7.60. The van der Waals surface area contributed by atoms with E-state index < -0.39 is 0 Å². The molecule has 1 fully saturated rings. The maximum Gasteiger partial charge on any atom is 0.203 e. The molecule has 0 saturated carbocycles. The fourth-order valence-corrected chi connectivity index (χ4v) is 4.27. The number of hydrogen-bond acceptors (Lipinski definition) is 5. The average molecular weight is 394 g/mol. The van der Waals surface area contributed by atoms with Crippen molar-refractivity contribution in [2.75, 3.05) is 31.7 Å². The second-order valence-electron chi connectivity index (χ2n) is 6.88. The van der Waals surface area contributed by atoms with Gasteiger partial charge in [-0.1, -0.05) is 60.7 Å². The van der Waals surface area contributed by atoms with Gasteiger partial charge in [0, 0.05) is 16.5 Å². The number of thiazole rings is 1. The summed E-state index contributed by atoms with van der Waals surface area (Å²) < 4.78 is 5.55. The molecule has 6 heteroatoms. The molecule has 1 saturated heterocycles. The highest BCUT2D eigenvalue weighted by atomic mass is 32.1.